The molecule has 1 aromatic rings. The first-order valence-electron chi connectivity index (χ1n) is 7.85. The molecule has 2 fully saturated rings. The molecule has 4 nitrogen and oxygen atoms in total. The number of hydrogen-bond donors (Lipinski definition) is 2. The number of benzene rings is 1. The van der Waals surface area contributed by atoms with Gasteiger partial charge in [-0.3, -0.25) is 4.79 Å². The first-order chi connectivity index (χ1) is 10.1. The topological polar surface area (TPSA) is 66.8 Å². The molecule has 0 aromatic heterocycles. The van der Waals surface area contributed by atoms with Crippen molar-refractivity contribution in [1.82, 2.24) is 0 Å². The average Bonchev–Trinajstić information content (AvgIpc) is 2.80. The quantitative estimate of drug-likeness (QED) is 0.763. The molecule has 1 aromatic carbocycles. The Morgan fingerprint density at radius 3 is 3.00 bits per heavy atom. The van der Waals surface area contributed by atoms with Crippen molar-refractivity contribution < 1.29 is 19.7 Å². The van der Waals surface area contributed by atoms with Gasteiger partial charge < -0.3 is 14.9 Å². The van der Waals surface area contributed by atoms with Crippen molar-refractivity contribution in [2.45, 2.75) is 55.6 Å². The van der Waals surface area contributed by atoms with Crippen LogP contribution < -0.4 is 4.74 Å². The van der Waals surface area contributed by atoms with E-state index in [9.17, 15) is 15.0 Å². The number of phenolic OH excluding ortho intramolecular Hbond substituents is 1. The number of carbonyl (C=O) groups excluding carboxylic acids is 1. The SMILES string of the molecule is O=C1CC[C@@]2(O)C3CCC[C@@]24c2c(ccc(O)c2O[C@@H]14)C3. The Labute approximate surface area is 122 Å². The Morgan fingerprint density at radius 2 is 2.14 bits per heavy atom. The zero-order valence-corrected chi connectivity index (χ0v) is 11.8. The van der Waals surface area contributed by atoms with Crippen LogP contribution in [0.25, 0.3) is 0 Å². The van der Waals surface area contributed by atoms with E-state index in [4.69, 9.17) is 4.74 Å². The van der Waals surface area contributed by atoms with Crippen LogP contribution in [0.4, 0.5) is 0 Å². The van der Waals surface area contributed by atoms with E-state index in [2.05, 4.69) is 0 Å². The molecular formula is C17H18O4. The highest BCUT2D eigenvalue weighted by molar-refractivity contribution is 5.89. The summed E-state index contributed by atoms with van der Waals surface area (Å²) in [5.74, 6) is 0.820. The van der Waals surface area contributed by atoms with Gasteiger partial charge in [0.25, 0.3) is 0 Å². The van der Waals surface area contributed by atoms with Crippen molar-refractivity contribution in [2.24, 2.45) is 5.92 Å². The maximum absolute atomic E-state index is 12.5. The van der Waals surface area contributed by atoms with E-state index in [-0.39, 0.29) is 17.5 Å². The molecule has 2 N–H and O–H groups in total. The van der Waals surface area contributed by atoms with E-state index >= 15 is 0 Å². The summed E-state index contributed by atoms with van der Waals surface area (Å²) in [6.07, 6.45) is 3.92. The van der Waals surface area contributed by atoms with Crippen LogP contribution in [0, 0.1) is 5.92 Å². The van der Waals surface area contributed by atoms with Gasteiger partial charge in [-0.25, -0.2) is 0 Å². The van der Waals surface area contributed by atoms with Gasteiger partial charge in [-0.05, 0) is 43.2 Å². The van der Waals surface area contributed by atoms with Crippen LogP contribution in [-0.2, 0) is 16.6 Å². The summed E-state index contributed by atoms with van der Waals surface area (Å²) in [5, 5.41) is 21.7. The largest absolute Gasteiger partial charge is 0.504 e. The van der Waals surface area contributed by atoms with Gasteiger partial charge in [-0.15, -0.1) is 0 Å². The van der Waals surface area contributed by atoms with Crippen molar-refractivity contribution in [2.75, 3.05) is 0 Å². The van der Waals surface area contributed by atoms with Gasteiger partial charge in [0.15, 0.2) is 23.4 Å². The minimum Gasteiger partial charge on any atom is -0.504 e. The standard InChI is InChI=1S/C17H18O4/c18-11-4-3-9-8-10-2-1-6-16-13(9)14(11)21-15(16)12(19)5-7-17(10,16)20/h3-4,10,15,18,20H,1-2,5-8H2/t10?,15-,16-,17+/m0/s1. The van der Waals surface area contributed by atoms with Gasteiger partial charge >= 0.3 is 0 Å². The lowest BCUT2D eigenvalue weighted by Crippen LogP contribution is -2.69. The van der Waals surface area contributed by atoms with Crippen LogP contribution in [0.3, 0.4) is 0 Å². The number of Topliss-reactive ketones (excluding diaryl/α,β-unsaturated/α-hetero) is 1. The molecule has 1 unspecified atom stereocenters. The monoisotopic (exact) mass is 286 g/mol. The van der Waals surface area contributed by atoms with Crippen LogP contribution in [0.2, 0.25) is 0 Å². The van der Waals surface area contributed by atoms with E-state index in [1.54, 1.807) is 6.07 Å². The first-order valence-corrected chi connectivity index (χ1v) is 7.85. The molecule has 3 aliphatic carbocycles. The Morgan fingerprint density at radius 1 is 1.29 bits per heavy atom. The highest BCUT2D eigenvalue weighted by atomic mass is 16.5. The summed E-state index contributed by atoms with van der Waals surface area (Å²) in [4.78, 5) is 12.5. The zero-order chi connectivity index (χ0) is 14.4. The second-order valence-electron chi connectivity index (χ2n) is 7.10. The summed E-state index contributed by atoms with van der Waals surface area (Å²) in [6, 6.07) is 3.60. The molecular weight excluding hydrogens is 268 g/mol. The predicted octanol–water partition coefficient (Wildman–Crippen LogP) is 1.84. The summed E-state index contributed by atoms with van der Waals surface area (Å²) >= 11 is 0. The Bertz CT molecular complexity index is 682. The van der Waals surface area contributed by atoms with Gasteiger partial charge in [0.05, 0.1) is 11.0 Å². The van der Waals surface area contributed by atoms with Crippen molar-refractivity contribution in [3.8, 4) is 11.5 Å². The van der Waals surface area contributed by atoms with Crippen LogP contribution >= 0.6 is 0 Å². The maximum atomic E-state index is 12.5. The third-order valence-corrected chi connectivity index (χ3v) is 6.44. The molecule has 4 aliphatic rings. The van der Waals surface area contributed by atoms with E-state index < -0.39 is 17.1 Å². The third-order valence-electron chi connectivity index (χ3n) is 6.44. The molecule has 4 heteroatoms. The fraction of sp³-hybridized carbons (Fsp3) is 0.588. The number of rotatable bonds is 0. The van der Waals surface area contributed by atoms with Crippen molar-refractivity contribution in [3.05, 3.63) is 23.3 Å². The molecule has 2 saturated carbocycles. The smallest absolute Gasteiger partial charge is 0.174 e. The van der Waals surface area contributed by atoms with Crippen molar-refractivity contribution in [3.63, 3.8) is 0 Å². The highest BCUT2D eigenvalue weighted by Gasteiger charge is 2.71. The van der Waals surface area contributed by atoms with Crippen molar-refractivity contribution >= 4 is 5.78 Å². The number of ketones is 1. The molecule has 21 heavy (non-hydrogen) atoms. The second-order valence-corrected chi connectivity index (χ2v) is 7.10. The minimum absolute atomic E-state index is 0.0729. The normalized spacial score (nSPS) is 42.4. The van der Waals surface area contributed by atoms with E-state index in [0.29, 0.717) is 18.6 Å². The second kappa shape index (κ2) is 3.43. The first kappa shape index (κ1) is 12.0. The predicted molar refractivity (Wildman–Crippen MR) is 74.4 cm³/mol. The number of ether oxygens (including phenoxy) is 1. The summed E-state index contributed by atoms with van der Waals surface area (Å²) < 4.78 is 5.93. The van der Waals surface area contributed by atoms with E-state index in [0.717, 1.165) is 36.8 Å². The number of hydrogen-bond acceptors (Lipinski definition) is 4. The molecule has 110 valence electrons. The molecule has 0 radical (unpaired) electrons. The minimum atomic E-state index is -0.851. The van der Waals surface area contributed by atoms with E-state index in [1.807, 2.05) is 6.07 Å². The molecule has 1 spiro atoms. The number of carbonyl (C=O) groups is 1. The molecule has 2 bridgehead atoms. The number of aromatic hydroxyl groups is 1. The number of aliphatic hydroxyl groups is 1. The van der Waals surface area contributed by atoms with Gasteiger partial charge in [0.2, 0.25) is 0 Å². The molecule has 5 rings (SSSR count). The summed E-state index contributed by atoms with van der Waals surface area (Å²) in [7, 11) is 0. The van der Waals surface area contributed by atoms with Crippen molar-refractivity contribution in [1.29, 1.82) is 0 Å². The zero-order valence-electron chi connectivity index (χ0n) is 11.8. The fourth-order valence-corrected chi connectivity index (χ4v) is 5.64. The maximum Gasteiger partial charge on any atom is 0.174 e. The Hall–Kier alpha value is -1.55. The van der Waals surface area contributed by atoms with Gasteiger partial charge in [-0.2, -0.15) is 0 Å². The Balaban J connectivity index is 1.89. The molecule has 0 amide bonds. The van der Waals surface area contributed by atoms with Gasteiger partial charge in [0, 0.05) is 12.0 Å². The van der Waals surface area contributed by atoms with Crippen LogP contribution in [0.15, 0.2) is 12.1 Å². The molecule has 1 aliphatic heterocycles. The third kappa shape index (κ3) is 1.10. The Kier molecular flexibility index (Phi) is 1.97. The molecule has 0 saturated heterocycles. The van der Waals surface area contributed by atoms with Crippen LogP contribution in [0.5, 0.6) is 11.5 Å². The summed E-state index contributed by atoms with van der Waals surface area (Å²) in [5.41, 5.74) is 0.608. The lowest BCUT2D eigenvalue weighted by molar-refractivity contribution is -0.177. The molecule has 1 heterocycles. The fourth-order valence-electron chi connectivity index (χ4n) is 5.64. The molecule has 4 atom stereocenters. The van der Waals surface area contributed by atoms with E-state index in [1.165, 1.54) is 0 Å². The lowest BCUT2D eigenvalue weighted by Gasteiger charge is -2.59. The van der Waals surface area contributed by atoms with Crippen LogP contribution in [-0.4, -0.2) is 27.7 Å². The highest BCUT2D eigenvalue weighted by Crippen LogP contribution is 2.66. The summed E-state index contributed by atoms with van der Waals surface area (Å²) in [6.45, 7) is 0. The van der Waals surface area contributed by atoms with Gasteiger partial charge in [0.1, 0.15) is 0 Å². The average molecular weight is 286 g/mol. The van der Waals surface area contributed by atoms with Gasteiger partial charge in [-0.1, -0.05) is 12.5 Å². The lowest BCUT2D eigenvalue weighted by atomic mass is 9.46. The number of phenols is 1. The van der Waals surface area contributed by atoms with Crippen LogP contribution in [0.1, 0.15) is 43.2 Å².